The second kappa shape index (κ2) is 16.9. The first-order chi connectivity index (χ1) is 36.5. The lowest BCUT2D eigenvalue weighted by Crippen LogP contribution is -2.51. The SMILES string of the molecule is Cc1ccc(N=Nc2cccc(N3C(=O)CC4C5CC(C(=O)N(c6cccc(N7C(=O)CC8C9CC(C(=O)N(c%10cccc(N%11C(=O)CC%12C%13CC(C(=O)N(C)C%13=O)C%12C%11=O)c%10)C9=O)C8C7=O)c6)C5=O)C4C3=O)c2)cc1. The van der Waals surface area contributed by atoms with E-state index in [0.717, 1.165) is 35.0 Å². The van der Waals surface area contributed by atoms with Gasteiger partial charge in [-0.05, 0) is 111 Å². The lowest BCUT2D eigenvalue weighted by molar-refractivity contribution is -0.152. The molecule has 13 rings (SSSR count). The molecule has 6 heterocycles. The molecule has 76 heavy (non-hydrogen) atoms. The predicted molar refractivity (Wildman–Crippen MR) is 265 cm³/mol. The molecule has 4 aromatic carbocycles. The van der Waals surface area contributed by atoms with Gasteiger partial charge < -0.3 is 0 Å². The van der Waals surface area contributed by atoms with Crippen LogP contribution in [0.25, 0.3) is 0 Å². The van der Waals surface area contributed by atoms with Crippen molar-refractivity contribution in [2.24, 2.45) is 81.2 Å². The van der Waals surface area contributed by atoms with E-state index in [1.807, 2.05) is 31.2 Å². The summed E-state index contributed by atoms with van der Waals surface area (Å²) in [5, 5.41) is 8.57. The molecule has 12 atom stereocenters. The van der Waals surface area contributed by atoms with Crippen molar-refractivity contribution in [2.75, 3.05) is 31.5 Å². The third kappa shape index (κ3) is 6.73. The summed E-state index contributed by atoms with van der Waals surface area (Å²) in [6.07, 6.45) is -0.385. The van der Waals surface area contributed by atoms with Gasteiger partial charge in [-0.2, -0.15) is 10.2 Å². The van der Waals surface area contributed by atoms with Gasteiger partial charge in [-0.3, -0.25) is 77.1 Å². The van der Waals surface area contributed by atoms with E-state index in [1.54, 1.807) is 24.3 Å². The van der Waals surface area contributed by atoms with Gasteiger partial charge in [0.25, 0.3) is 0 Å². The van der Waals surface area contributed by atoms with E-state index in [4.69, 9.17) is 0 Å². The highest BCUT2D eigenvalue weighted by Crippen LogP contribution is 2.56. The van der Waals surface area contributed by atoms with Crippen molar-refractivity contribution < 1.29 is 57.5 Å². The lowest BCUT2D eigenvalue weighted by atomic mass is 9.80. The Morgan fingerprint density at radius 2 is 0.684 bits per heavy atom. The summed E-state index contributed by atoms with van der Waals surface area (Å²) in [6, 6.07) is 25.4. The van der Waals surface area contributed by atoms with Gasteiger partial charge >= 0.3 is 0 Å². The number of hydrogen-bond donors (Lipinski definition) is 0. The number of fused-ring (bicyclic) bond motifs is 15. The number of benzene rings is 4. The lowest BCUT2D eigenvalue weighted by Gasteiger charge is -2.35. The average molecular weight is 1020 g/mol. The molecule has 3 aliphatic carbocycles. The Bertz CT molecular complexity index is 3450. The maximum Gasteiger partial charge on any atom is 0.237 e. The fraction of sp³-hybridized carbons (Fsp3) is 0.357. The van der Waals surface area contributed by atoms with E-state index in [1.165, 1.54) is 55.6 Å². The normalized spacial score (nSPS) is 31.9. The number of hydrogen-bond acceptors (Lipinski definition) is 14. The number of anilines is 5. The molecule has 9 aliphatic rings. The van der Waals surface area contributed by atoms with Crippen LogP contribution in [0.2, 0.25) is 0 Å². The molecule has 6 aliphatic heterocycles. The largest absolute Gasteiger partial charge is 0.285 e. The van der Waals surface area contributed by atoms with Crippen molar-refractivity contribution in [3.63, 3.8) is 0 Å². The molecule has 0 N–H and O–H groups in total. The van der Waals surface area contributed by atoms with Crippen LogP contribution in [0.4, 0.5) is 39.8 Å². The van der Waals surface area contributed by atoms with Crippen molar-refractivity contribution in [3.8, 4) is 0 Å². The van der Waals surface area contributed by atoms with E-state index in [9.17, 15) is 57.5 Å². The van der Waals surface area contributed by atoms with Crippen LogP contribution >= 0.6 is 0 Å². The number of rotatable bonds is 7. The molecule has 9 fully saturated rings. The number of amides is 12. The van der Waals surface area contributed by atoms with Gasteiger partial charge in [-0.1, -0.05) is 35.9 Å². The van der Waals surface area contributed by atoms with Crippen molar-refractivity contribution >= 4 is 111 Å². The summed E-state index contributed by atoms with van der Waals surface area (Å²) in [4.78, 5) is 175. The number of likely N-dealkylation sites (tertiary alicyclic amines) is 1. The first-order valence-electron chi connectivity index (χ1n) is 25.5. The Morgan fingerprint density at radius 1 is 0.355 bits per heavy atom. The van der Waals surface area contributed by atoms with E-state index < -0.39 is 142 Å². The molecule has 4 aromatic rings. The Kier molecular flexibility index (Phi) is 10.5. The maximum atomic E-state index is 14.7. The number of piperidine rings is 6. The average Bonchev–Trinajstić information content (AvgIpc) is 4.25. The topological polar surface area (TPSA) is 249 Å². The zero-order valence-corrected chi connectivity index (χ0v) is 40.9. The smallest absolute Gasteiger partial charge is 0.237 e. The summed E-state index contributed by atoms with van der Waals surface area (Å²) in [5.74, 6) is -17.8. The summed E-state index contributed by atoms with van der Waals surface area (Å²) < 4.78 is 0. The fourth-order valence-corrected chi connectivity index (χ4v) is 14.4. The number of aryl methyl sites for hydroxylation is 1. The summed E-state index contributed by atoms with van der Waals surface area (Å²) in [7, 11) is 1.37. The Labute approximate surface area is 432 Å². The van der Waals surface area contributed by atoms with Gasteiger partial charge in [0.15, 0.2) is 0 Å². The third-order valence-electron chi connectivity index (χ3n) is 17.8. The fourth-order valence-electron chi connectivity index (χ4n) is 14.4. The number of nitrogens with zero attached hydrogens (tertiary/aromatic N) is 8. The number of azo groups is 1. The Balaban J connectivity index is 0.735. The number of imide groups is 6. The maximum absolute atomic E-state index is 14.7. The van der Waals surface area contributed by atoms with Gasteiger partial charge in [-0.25, -0.2) is 9.80 Å². The van der Waals surface area contributed by atoms with E-state index >= 15 is 0 Å². The standard InChI is InChI=1S/C56H46N8O12/c1-25-12-14-26(15-13-25)57-58-27-6-3-7-28(16-27)60-42(65)23-34-37-20-40(46(34)55(60)75)52(72)63(50(37)70)32-11-5-9-30(18-32)62-44(67)24-35-38-21-41(47(35)56(62)76)53(73)64(51(38)71)31-10-4-8-29(17-31)61-43(66)22-33-36-19-39(45(33)54(61)74)49(69)59(2)48(36)68/h3-18,33-41,45-47H,19-24H2,1-2H3. The van der Waals surface area contributed by atoms with Crippen molar-refractivity contribution in [2.45, 2.75) is 45.4 Å². The molecule has 12 unspecified atom stereocenters. The van der Waals surface area contributed by atoms with Crippen LogP contribution in [0.3, 0.4) is 0 Å². The molecule has 0 spiro atoms. The first kappa shape index (κ1) is 47.1. The number of carbonyl (C=O) groups excluding carboxylic acids is 12. The highest BCUT2D eigenvalue weighted by molar-refractivity contribution is 6.27. The molecule has 0 aromatic heterocycles. The van der Waals surface area contributed by atoms with E-state index in [-0.39, 0.29) is 67.0 Å². The highest BCUT2D eigenvalue weighted by Gasteiger charge is 2.65. The molecule has 12 amide bonds. The van der Waals surface area contributed by atoms with Crippen LogP contribution in [0.1, 0.15) is 44.1 Å². The summed E-state index contributed by atoms with van der Waals surface area (Å²) in [6.45, 7) is 1.95. The molecule has 20 nitrogen and oxygen atoms in total. The Morgan fingerprint density at radius 3 is 1.12 bits per heavy atom. The third-order valence-corrected chi connectivity index (χ3v) is 17.8. The van der Waals surface area contributed by atoms with Crippen LogP contribution < -0.4 is 24.5 Å². The minimum absolute atomic E-state index is 0.00283. The molecule has 6 saturated heterocycles. The van der Waals surface area contributed by atoms with Crippen molar-refractivity contribution in [3.05, 3.63) is 103 Å². The zero-order valence-electron chi connectivity index (χ0n) is 40.9. The van der Waals surface area contributed by atoms with Crippen LogP contribution in [0.5, 0.6) is 0 Å². The molecule has 382 valence electrons. The minimum atomic E-state index is -1.11. The summed E-state index contributed by atoms with van der Waals surface area (Å²) in [5.41, 5.74) is 2.46. The van der Waals surface area contributed by atoms with Gasteiger partial charge in [0.2, 0.25) is 70.9 Å². The van der Waals surface area contributed by atoms with Gasteiger partial charge in [0.1, 0.15) is 0 Å². The van der Waals surface area contributed by atoms with Crippen molar-refractivity contribution in [1.82, 2.24) is 4.90 Å². The number of carbonyl (C=O) groups is 12. The highest BCUT2D eigenvalue weighted by atomic mass is 16.2. The molecule has 3 saturated carbocycles. The van der Waals surface area contributed by atoms with Crippen LogP contribution in [0, 0.1) is 77.9 Å². The summed E-state index contributed by atoms with van der Waals surface area (Å²) >= 11 is 0. The van der Waals surface area contributed by atoms with Gasteiger partial charge in [-0.15, -0.1) is 0 Å². The second-order valence-electron chi connectivity index (χ2n) is 21.6. The van der Waals surface area contributed by atoms with Crippen LogP contribution in [-0.4, -0.2) is 82.8 Å². The van der Waals surface area contributed by atoms with Gasteiger partial charge in [0.05, 0.1) is 75.3 Å². The van der Waals surface area contributed by atoms with E-state index in [2.05, 4.69) is 10.2 Å². The van der Waals surface area contributed by atoms with E-state index in [0.29, 0.717) is 11.4 Å². The Hall–Kier alpha value is -8.68. The first-order valence-corrected chi connectivity index (χ1v) is 25.5. The molecule has 20 heteroatoms. The predicted octanol–water partition coefficient (Wildman–Crippen LogP) is 4.95. The molecular weight excluding hydrogens is 977 g/mol. The molecular formula is C56H46N8O12. The monoisotopic (exact) mass is 1020 g/mol. The zero-order chi connectivity index (χ0) is 52.9. The minimum Gasteiger partial charge on any atom is -0.285 e. The van der Waals surface area contributed by atoms with Gasteiger partial charge in [0, 0.05) is 44.1 Å². The van der Waals surface area contributed by atoms with Crippen LogP contribution in [-0.2, 0) is 57.5 Å². The molecule has 6 bridgehead atoms. The van der Waals surface area contributed by atoms with Crippen LogP contribution in [0.15, 0.2) is 107 Å². The quantitative estimate of drug-likeness (QED) is 0.176. The second-order valence-corrected chi connectivity index (χ2v) is 21.6. The van der Waals surface area contributed by atoms with Crippen molar-refractivity contribution in [1.29, 1.82) is 0 Å². The molecule has 0 radical (unpaired) electrons.